The predicted octanol–water partition coefficient (Wildman–Crippen LogP) is 5.65. The molecule has 18 heavy (non-hydrogen) atoms. The molecule has 3 aliphatic rings. The monoisotopic (exact) mass is 244 g/mol. The average molecular weight is 244 g/mol. The van der Waals surface area contributed by atoms with Gasteiger partial charge in [-0.05, 0) is 75.0 Å². The molecule has 0 aromatic carbocycles. The van der Waals surface area contributed by atoms with Crippen LogP contribution in [0.2, 0.25) is 0 Å². The zero-order chi connectivity index (χ0) is 12.6. The van der Waals surface area contributed by atoms with Gasteiger partial charge in [0.05, 0.1) is 0 Å². The maximum atomic E-state index is 4.25. The molecule has 100 valence electrons. The second kappa shape index (κ2) is 4.87. The lowest BCUT2D eigenvalue weighted by atomic mass is 9.67. The minimum absolute atomic E-state index is 0.663. The van der Waals surface area contributed by atoms with Gasteiger partial charge in [-0.3, -0.25) is 0 Å². The van der Waals surface area contributed by atoms with Crippen molar-refractivity contribution in [3.63, 3.8) is 0 Å². The fourth-order valence-corrected chi connectivity index (χ4v) is 4.84. The molecule has 0 bridgehead atoms. The Balaban J connectivity index is 1.69. The van der Waals surface area contributed by atoms with Gasteiger partial charge in [0.15, 0.2) is 0 Å². The van der Waals surface area contributed by atoms with E-state index in [9.17, 15) is 0 Å². The van der Waals surface area contributed by atoms with Crippen molar-refractivity contribution in [3.8, 4) is 0 Å². The molecule has 0 aromatic rings. The van der Waals surface area contributed by atoms with E-state index in [-0.39, 0.29) is 0 Å². The van der Waals surface area contributed by atoms with Gasteiger partial charge in [0.1, 0.15) is 0 Å². The normalized spacial score (nSPS) is 42.5. The minimum Gasteiger partial charge on any atom is -0.0996 e. The first-order valence-electron chi connectivity index (χ1n) is 8.06. The fourth-order valence-electron chi connectivity index (χ4n) is 4.84. The molecule has 3 rings (SSSR count). The number of allylic oxidation sites excluding steroid dienone is 3. The van der Waals surface area contributed by atoms with Crippen molar-refractivity contribution in [2.24, 2.45) is 17.3 Å². The molecule has 3 aliphatic carbocycles. The van der Waals surface area contributed by atoms with Gasteiger partial charge in [0.25, 0.3) is 0 Å². The second-order valence-corrected chi connectivity index (χ2v) is 7.21. The van der Waals surface area contributed by atoms with Gasteiger partial charge in [-0.15, -0.1) is 0 Å². The molecule has 0 radical (unpaired) electrons. The molecule has 0 heteroatoms. The maximum Gasteiger partial charge on any atom is -0.0149 e. The van der Waals surface area contributed by atoms with Crippen molar-refractivity contribution in [1.29, 1.82) is 0 Å². The summed E-state index contributed by atoms with van der Waals surface area (Å²) in [5.74, 6) is 1.74. The van der Waals surface area contributed by atoms with Crippen molar-refractivity contribution in [3.05, 3.63) is 23.8 Å². The number of hydrogen-bond donors (Lipinski definition) is 0. The SMILES string of the molecule is C=C1CCCC1C/C=C1\CCCC2(C)CCCC12. The van der Waals surface area contributed by atoms with E-state index in [0.717, 1.165) is 11.8 Å². The summed E-state index contributed by atoms with van der Waals surface area (Å²) in [5.41, 5.74) is 4.01. The van der Waals surface area contributed by atoms with Crippen LogP contribution in [0.15, 0.2) is 23.8 Å². The van der Waals surface area contributed by atoms with E-state index in [0.29, 0.717) is 5.41 Å². The van der Waals surface area contributed by atoms with Crippen molar-refractivity contribution >= 4 is 0 Å². The lowest BCUT2D eigenvalue weighted by Crippen LogP contribution is -2.27. The van der Waals surface area contributed by atoms with E-state index in [4.69, 9.17) is 0 Å². The van der Waals surface area contributed by atoms with Crippen LogP contribution in [-0.4, -0.2) is 0 Å². The summed E-state index contributed by atoms with van der Waals surface area (Å²) in [6, 6.07) is 0. The number of hydrogen-bond acceptors (Lipinski definition) is 0. The van der Waals surface area contributed by atoms with Crippen LogP contribution in [0.4, 0.5) is 0 Å². The third-order valence-electron chi connectivity index (χ3n) is 6.04. The molecular formula is C18H28. The van der Waals surface area contributed by atoms with E-state index >= 15 is 0 Å². The van der Waals surface area contributed by atoms with E-state index in [1.165, 1.54) is 69.8 Å². The second-order valence-electron chi connectivity index (χ2n) is 7.21. The van der Waals surface area contributed by atoms with Gasteiger partial charge in [-0.2, -0.15) is 0 Å². The number of fused-ring (bicyclic) bond motifs is 1. The highest BCUT2D eigenvalue weighted by Gasteiger charge is 2.42. The van der Waals surface area contributed by atoms with Gasteiger partial charge in [-0.1, -0.05) is 37.1 Å². The highest BCUT2D eigenvalue weighted by atomic mass is 14.5. The van der Waals surface area contributed by atoms with Crippen molar-refractivity contribution in [2.75, 3.05) is 0 Å². The summed E-state index contributed by atoms with van der Waals surface area (Å²) in [4.78, 5) is 0. The van der Waals surface area contributed by atoms with Gasteiger partial charge >= 0.3 is 0 Å². The number of rotatable bonds is 2. The van der Waals surface area contributed by atoms with E-state index in [1.54, 1.807) is 0 Å². The zero-order valence-corrected chi connectivity index (χ0v) is 12.0. The smallest absolute Gasteiger partial charge is 0.0149 e. The van der Waals surface area contributed by atoms with E-state index < -0.39 is 0 Å². The summed E-state index contributed by atoms with van der Waals surface area (Å²) >= 11 is 0. The first-order chi connectivity index (χ1) is 8.69. The van der Waals surface area contributed by atoms with Gasteiger partial charge in [-0.25, -0.2) is 0 Å². The summed E-state index contributed by atoms with van der Waals surface area (Å²) in [7, 11) is 0. The fraction of sp³-hybridized carbons (Fsp3) is 0.778. The molecule has 0 N–H and O–H groups in total. The standard InChI is InChI=1S/C18H28/c1-14-6-3-7-15(14)10-11-16-8-4-12-18(2)13-5-9-17(16)18/h11,15,17H,1,3-10,12-13H2,2H3/b16-11+. The third-order valence-corrected chi connectivity index (χ3v) is 6.04. The molecule has 0 aliphatic heterocycles. The first-order valence-corrected chi connectivity index (χ1v) is 8.06. The lowest BCUT2D eigenvalue weighted by Gasteiger charge is -2.38. The Hall–Kier alpha value is -0.520. The Bertz CT molecular complexity index is 362. The molecule has 0 aromatic heterocycles. The molecule has 3 fully saturated rings. The Labute approximate surface area is 113 Å². The van der Waals surface area contributed by atoms with Crippen molar-refractivity contribution in [1.82, 2.24) is 0 Å². The van der Waals surface area contributed by atoms with Crippen LogP contribution in [-0.2, 0) is 0 Å². The van der Waals surface area contributed by atoms with Crippen LogP contribution in [0.1, 0.15) is 71.1 Å². The topological polar surface area (TPSA) is 0 Å². The van der Waals surface area contributed by atoms with Crippen LogP contribution in [0.5, 0.6) is 0 Å². The highest BCUT2D eigenvalue weighted by Crippen LogP contribution is 2.54. The Morgan fingerprint density at radius 2 is 2.00 bits per heavy atom. The van der Waals surface area contributed by atoms with Crippen LogP contribution in [0.3, 0.4) is 0 Å². The van der Waals surface area contributed by atoms with Crippen LogP contribution in [0.25, 0.3) is 0 Å². The molecule has 0 heterocycles. The van der Waals surface area contributed by atoms with Gasteiger partial charge in [0.2, 0.25) is 0 Å². The molecule has 3 atom stereocenters. The van der Waals surface area contributed by atoms with Crippen molar-refractivity contribution in [2.45, 2.75) is 71.1 Å². The largest absolute Gasteiger partial charge is 0.0996 e. The average Bonchev–Trinajstić information content (AvgIpc) is 2.92. The van der Waals surface area contributed by atoms with Crippen LogP contribution in [0, 0.1) is 17.3 Å². The Kier molecular flexibility index (Phi) is 3.38. The Morgan fingerprint density at radius 1 is 1.17 bits per heavy atom. The molecular weight excluding hydrogens is 216 g/mol. The highest BCUT2D eigenvalue weighted by molar-refractivity contribution is 5.18. The summed E-state index contributed by atoms with van der Waals surface area (Å²) in [6.45, 7) is 6.80. The van der Waals surface area contributed by atoms with E-state index in [1.807, 2.05) is 5.57 Å². The summed E-state index contributed by atoms with van der Waals surface area (Å²) in [6.07, 6.45) is 16.7. The Morgan fingerprint density at radius 3 is 2.78 bits per heavy atom. The molecule has 0 amide bonds. The third kappa shape index (κ3) is 2.19. The van der Waals surface area contributed by atoms with Crippen LogP contribution >= 0.6 is 0 Å². The molecule has 3 saturated carbocycles. The van der Waals surface area contributed by atoms with Crippen molar-refractivity contribution < 1.29 is 0 Å². The quantitative estimate of drug-likeness (QED) is 0.551. The molecule has 0 nitrogen and oxygen atoms in total. The molecule has 0 spiro atoms. The zero-order valence-electron chi connectivity index (χ0n) is 12.0. The lowest BCUT2D eigenvalue weighted by molar-refractivity contribution is 0.201. The minimum atomic E-state index is 0.663. The van der Waals surface area contributed by atoms with Crippen LogP contribution < -0.4 is 0 Å². The molecule has 3 unspecified atom stereocenters. The summed E-state index contributed by atoms with van der Waals surface area (Å²) in [5, 5.41) is 0. The van der Waals surface area contributed by atoms with Gasteiger partial charge in [0, 0.05) is 0 Å². The first kappa shape index (κ1) is 12.5. The summed E-state index contributed by atoms with van der Waals surface area (Å²) < 4.78 is 0. The maximum absolute atomic E-state index is 4.25. The van der Waals surface area contributed by atoms with E-state index in [2.05, 4.69) is 19.6 Å². The van der Waals surface area contributed by atoms with Gasteiger partial charge < -0.3 is 0 Å². The predicted molar refractivity (Wildman–Crippen MR) is 78.5 cm³/mol. The molecule has 0 saturated heterocycles.